The standard InChI is InChI=1S/C14H22N4O6S/c1-10(14(19)20)16-12-6-5-11(9-13(12)18(21)22)25(23,24)15-7-4-8-17(2)3/h5-6,9-10,15-16H,4,7-8H2,1-3H3,(H,19,20)/t10-/m0/s1. The van der Waals surface area contributed by atoms with E-state index in [2.05, 4.69) is 10.0 Å². The second kappa shape index (κ2) is 8.74. The van der Waals surface area contributed by atoms with Crippen LogP contribution in [-0.2, 0) is 14.8 Å². The molecule has 140 valence electrons. The lowest BCUT2D eigenvalue weighted by Gasteiger charge is -2.13. The highest BCUT2D eigenvalue weighted by atomic mass is 32.2. The predicted octanol–water partition coefficient (Wildman–Crippen LogP) is 0.710. The third-order valence-corrected chi connectivity index (χ3v) is 4.75. The van der Waals surface area contributed by atoms with Gasteiger partial charge in [-0.05, 0) is 46.1 Å². The molecule has 0 aliphatic carbocycles. The molecule has 0 saturated heterocycles. The first-order chi connectivity index (χ1) is 11.5. The van der Waals surface area contributed by atoms with Gasteiger partial charge >= 0.3 is 5.97 Å². The Kier molecular flexibility index (Phi) is 7.27. The van der Waals surface area contributed by atoms with E-state index in [1.807, 2.05) is 19.0 Å². The molecule has 11 heteroatoms. The predicted molar refractivity (Wildman–Crippen MR) is 92.2 cm³/mol. The van der Waals surface area contributed by atoms with Gasteiger partial charge in [-0.2, -0.15) is 0 Å². The van der Waals surface area contributed by atoms with Crippen molar-refractivity contribution in [1.82, 2.24) is 9.62 Å². The van der Waals surface area contributed by atoms with Crippen molar-refractivity contribution in [3.05, 3.63) is 28.3 Å². The van der Waals surface area contributed by atoms with Crippen molar-refractivity contribution in [1.29, 1.82) is 0 Å². The molecular formula is C14H22N4O6S. The molecule has 25 heavy (non-hydrogen) atoms. The van der Waals surface area contributed by atoms with Crippen LogP contribution in [0.1, 0.15) is 13.3 Å². The highest BCUT2D eigenvalue weighted by molar-refractivity contribution is 7.89. The molecule has 0 saturated carbocycles. The van der Waals surface area contributed by atoms with E-state index in [0.29, 0.717) is 13.0 Å². The zero-order valence-electron chi connectivity index (χ0n) is 14.2. The van der Waals surface area contributed by atoms with Crippen LogP contribution in [0.5, 0.6) is 0 Å². The number of benzene rings is 1. The van der Waals surface area contributed by atoms with E-state index in [1.54, 1.807) is 0 Å². The van der Waals surface area contributed by atoms with Gasteiger partial charge in [-0.15, -0.1) is 0 Å². The van der Waals surface area contributed by atoms with Crippen molar-refractivity contribution in [2.75, 3.05) is 32.5 Å². The summed E-state index contributed by atoms with van der Waals surface area (Å²) in [4.78, 5) is 22.9. The molecule has 1 aromatic carbocycles. The number of carboxylic acid groups (broad SMARTS) is 1. The molecule has 0 aromatic heterocycles. The smallest absolute Gasteiger partial charge is 0.325 e. The van der Waals surface area contributed by atoms with Gasteiger partial charge in [0.15, 0.2) is 0 Å². The fourth-order valence-corrected chi connectivity index (χ4v) is 3.03. The summed E-state index contributed by atoms with van der Waals surface area (Å²) >= 11 is 0. The average molecular weight is 374 g/mol. The molecule has 1 atom stereocenters. The molecule has 0 fully saturated rings. The summed E-state index contributed by atoms with van der Waals surface area (Å²) in [6.45, 7) is 2.21. The minimum atomic E-state index is -3.89. The Labute approximate surface area is 146 Å². The maximum Gasteiger partial charge on any atom is 0.325 e. The average Bonchev–Trinajstić information content (AvgIpc) is 2.51. The fraction of sp³-hybridized carbons (Fsp3) is 0.500. The van der Waals surface area contributed by atoms with Gasteiger partial charge < -0.3 is 15.3 Å². The third-order valence-electron chi connectivity index (χ3n) is 3.29. The van der Waals surface area contributed by atoms with E-state index in [-0.39, 0.29) is 17.1 Å². The van der Waals surface area contributed by atoms with Crippen LogP contribution in [0.25, 0.3) is 0 Å². The van der Waals surface area contributed by atoms with Gasteiger partial charge in [0.1, 0.15) is 11.7 Å². The van der Waals surface area contributed by atoms with E-state index >= 15 is 0 Å². The Morgan fingerprint density at radius 3 is 2.56 bits per heavy atom. The molecule has 0 aliphatic rings. The maximum atomic E-state index is 12.2. The summed E-state index contributed by atoms with van der Waals surface area (Å²) in [6, 6.07) is 2.22. The topological polar surface area (TPSA) is 142 Å². The number of anilines is 1. The molecule has 3 N–H and O–H groups in total. The van der Waals surface area contributed by atoms with E-state index < -0.39 is 32.6 Å². The van der Waals surface area contributed by atoms with E-state index in [9.17, 15) is 23.3 Å². The van der Waals surface area contributed by atoms with Crippen LogP contribution in [0.4, 0.5) is 11.4 Å². The van der Waals surface area contributed by atoms with Crippen LogP contribution in [-0.4, -0.2) is 62.5 Å². The van der Waals surface area contributed by atoms with Gasteiger partial charge in [0, 0.05) is 12.6 Å². The number of carboxylic acids is 1. The van der Waals surface area contributed by atoms with Gasteiger partial charge in [0.2, 0.25) is 10.0 Å². The number of hydrogen-bond donors (Lipinski definition) is 3. The summed E-state index contributed by atoms with van der Waals surface area (Å²) in [5, 5.41) is 22.5. The van der Waals surface area contributed by atoms with Crippen LogP contribution in [0.3, 0.4) is 0 Å². The molecule has 0 heterocycles. The highest BCUT2D eigenvalue weighted by Gasteiger charge is 2.23. The monoisotopic (exact) mass is 374 g/mol. The van der Waals surface area contributed by atoms with Crippen molar-refractivity contribution >= 4 is 27.4 Å². The van der Waals surface area contributed by atoms with Crippen LogP contribution in [0, 0.1) is 10.1 Å². The molecule has 0 radical (unpaired) electrons. The van der Waals surface area contributed by atoms with Gasteiger partial charge in [-0.1, -0.05) is 0 Å². The van der Waals surface area contributed by atoms with Crippen molar-refractivity contribution in [3.63, 3.8) is 0 Å². The highest BCUT2D eigenvalue weighted by Crippen LogP contribution is 2.28. The summed E-state index contributed by atoms with van der Waals surface area (Å²) in [5.74, 6) is -1.19. The molecule has 1 aromatic rings. The summed E-state index contributed by atoms with van der Waals surface area (Å²) < 4.78 is 26.8. The number of nitrogens with zero attached hydrogens (tertiary/aromatic N) is 2. The first-order valence-electron chi connectivity index (χ1n) is 7.47. The van der Waals surface area contributed by atoms with Gasteiger partial charge in [-0.25, -0.2) is 13.1 Å². The lowest BCUT2D eigenvalue weighted by atomic mass is 10.2. The van der Waals surface area contributed by atoms with Crippen LogP contribution in [0.15, 0.2) is 23.1 Å². The second-order valence-electron chi connectivity index (χ2n) is 5.69. The number of carbonyl (C=O) groups is 1. The van der Waals surface area contributed by atoms with E-state index in [4.69, 9.17) is 5.11 Å². The van der Waals surface area contributed by atoms with Crippen molar-refractivity contribution in [2.45, 2.75) is 24.3 Å². The van der Waals surface area contributed by atoms with Crippen molar-refractivity contribution in [2.24, 2.45) is 0 Å². The number of aliphatic carboxylic acids is 1. The van der Waals surface area contributed by atoms with E-state index in [1.165, 1.54) is 19.1 Å². The van der Waals surface area contributed by atoms with Crippen molar-refractivity contribution < 1.29 is 23.2 Å². The lowest BCUT2D eigenvalue weighted by Crippen LogP contribution is -2.28. The van der Waals surface area contributed by atoms with Crippen LogP contribution < -0.4 is 10.0 Å². The van der Waals surface area contributed by atoms with Crippen LogP contribution >= 0.6 is 0 Å². The molecule has 0 bridgehead atoms. The Morgan fingerprint density at radius 1 is 1.40 bits per heavy atom. The van der Waals surface area contributed by atoms with E-state index in [0.717, 1.165) is 6.07 Å². The molecule has 10 nitrogen and oxygen atoms in total. The molecule has 1 rings (SSSR count). The quantitative estimate of drug-likeness (QED) is 0.309. The molecule has 0 amide bonds. The Bertz CT molecular complexity index is 735. The van der Waals surface area contributed by atoms with Gasteiger partial charge in [0.05, 0.1) is 9.82 Å². The fourth-order valence-electron chi connectivity index (χ4n) is 1.93. The number of nitrogens with one attached hydrogen (secondary N) is 2. The maximum absolute atomic E-state index is 12.2. The largest absolute Gasteiger partial charge is 0.480 e. The number of hydrogen-bond acceptors (Lipinski definition) is 7. The Morgan fingerprint density at radius 2 is 2.04 bits per heavy atom. The zero-order valence-corrected chi connectivity index (χ0v) is 15.0. The summed E-state index contributed by atoms with van der Waals surface area (Å²) in [7, 11) is -0.167. The molecule has 0 unspecified atom stereocenters. The van der Waals surface area contributed by atoms with Gasteiger partial charge in [-0.3, -0.25) is 14.9 Å². The number of nitro groups is 1. The molecule has 0 aliphatic heterocycles. The third kappa shape index (κ3) is 6.29. The first kappa shape index (κ1) is 20.8. The zero-order chi connectivity index (χ0) is 19.2. The summed E-state index contributed by atoms with van der Waals surface area (Å²) in [6.07, 6.45) is 0.587. The molecular weight excluding hydrogens is 352 g/mol. The normalized spacial score (nSPS) is 12.8. The second-order valence-corrected chi connectivity index (χ2v) is 7.46. The first-order valence-corrected chi connectivity index (χ1v) is 8.95. The number of sulfonamides is 1. The number of rotatable bonds is 10. The Balaban J connectivity index is 2.99. The SMILES string of the molecule is C[C@H](Nc1ccc(S(=O)(=O)NCCCN(C)C)cc1[N+](=O)[O-])C(=O)O. The minimum Gasteiger partial charge on any atom is -0.480 e. The number of nitro benzene ring substituents is 1. The molecule has 0 spiro atoms. The minimum absolute atomic E-state index is 0.0635. The van der Waals surface area contributed by atoms with Gasteiger partial charge in [0.25, 0.3) is 5.69 Å². The van der Waals surface area contributed by atoms with Crippen LogP contribution in [0.2, 0.25) is 0 Å². The Hall–Kier alpha value is -2.24. The summed E-state index contributed by atoms with van der Waals surface area (Å²) in [5.41, 5.74) is -0.573. The van der Waals surface area contributed by atoms with Crippen molar-refractivity contribution in [3.8, 4) is 0 Å². The lowest BCUT2D eigenvalue weighted by molar-refractivity contribution is -0.384.